The zero-order chi connectivity index (χ0) is 16.9. The standard InChI is InChI=1S/C18H18ClN3O2/c19-14-3-1-2-12(10-14)6-8-21-18(24)16-11-13(7-9-20-16)17(23)22-15-4-5-15/h1-3,7,9-11,15H,4-6,8H2,(H,21,24)(H,22,23). The number of aromatic nitrogens is 1. The van der Waals surface area contributed by atoms with Gasteiger partial charge in [-0.25, -0.2) is 0 Å². The molecule has 1 fully saturated rings. The number of rotatable bonds is 6. The number of nitrogens with one attached hydrogen (secondary N) is 2. The number of hydrogen-bond donors (Lipinski definition) is 2. The normalized spacial score (nSPS) is 13.4. The molecule has 0 saturated heterocycles. The molecule has 1 aromatic heterocycles. The summed E-state index contributed by atoms with van der Waals surface area (Å²) >= 11 is 5.93. The van der Waals surface area contributed by atoms with Crippen molar-refractivity contribution in [1.29, 1.82) is 0 Å². The zero-order valence-electron chi connectivity index (χ0n) is 13.1. The number of nitrogens with zero attached hydrogens (tertiary/aromatic N) is 1. The highest BCUT2D eigenvalue weighted by atomic mass is 35.5. The van der Waals surface area contributed by atoms with Gasteiger partial charge in [0.25, 0.3) is 11.8 Å². The van der Waals surface area contributed by atoms with Crippen LogP contribution in [0, 0.1) is 0 Å². The van der Waals surface area contributed by atoms with Crippen LogP contribution >= 0.6 is 11.6 Å². The van der Waals surface area contributed by atoms with Crippen molar-refractivity contribution in [1.82, 2.24) is 15.6 Å². The average molecular weight is 344 g/mol. The van der Waals surface area contributed by atoms with Gasteiger partial charge < -0.3 is 10.6 Å². The van der Waals surface area contributed by atoms with E-state index in [-0.39, 0.29) is 23.6 Å². The van der Waals surface area contributed by atoms with Gasteiger partial charge in [-0.3, -0.25) is 14.6 Å². The molecular weight excluding hydrogens is 326 g/mol. The average Bonchev–Trinajstić information content (AvgIpc) is 3.39. The number of amides is 2. The van der Waals surface area contributed by atoms with Gasteiger partial charge in [-0.2, -0.15) is 0 Å². The smallest absolute Gasteiger partial charge is 0.269 e. The molecule has 0 atom stereocenters. The predicted octanol–water partition coefficient (Wildman–Crippen LogP) is 2.60. The Hall–Kier alpha value is -2.40. The molecule has 124 valence electrons. The van der Waals surface area contributed by atoms with Gasteiger partial charge in [0.2, 0.25) is 0 Å². The van der Waals surface area contributed by atoms with Gasteiger partial charge in [0.05, 0.1) is 0 Å². The number of carbonyl (C=O) groups excluding carboxylic acids is 2. The lowest BCUT2D eigenvalue weighted by molar-refractivity contribution is 0.0949. The summed E-state index contributed by atoms with van der Waals surface area (Å²) in [6.07, 6.45) is 4.20. The highest BCUT2D eigenvalue weighted by Gasteiger charge is 2.24. The lowest BCUT2D eigenvalue weighted by Gasteiger charge is -2.07. The van der Waals surface area contributed by atoms with Crippen molar-refractivity contribution in [2.75, 3.05) is 6.54 Å². The van der Waals surface area contributed by atoms with Crippen LogP contribution in [0.1, 0.15) is 39.3 Å². The lowest BCUT2D eigenvalue weighted by atomic mass is 10.1. The first kappa shape index (κ1) is 16.5. The molecular formula is C18H18ClN3O2. The Bertz CT molecular complexity index is 759. The van der Waals surface area contributed by atoms with Crippen LogP contribution in [0.2, 0.25) is 5.02 Å². The van der Waals surface area contributed by atoms with Crippen LogP contribution < -0.4 is 10.6 Å². The van der Waals surface area contributed by atoms with Gasteiger partial charge in [0.15, 0.2) is 0 Å². The number of hydrogen-bond acceptors (Lipinski definition) is 3. The van der Waals surface area contributed by atoms with Gasteiger partial charge >= 0.3 is 0 Å². The van der Waals surface area contributed by atoms with Gasteiger partial charge in [0, 0.05) is 29.4 Å². The second-order valence-corrected chi connectivity index (χ2v) is 6.25. The second kappa shape index (κ2) is 7.45. The maximum absolute atomic E-state index is 12.2. The Kier molecular flexibility index (Phi) is 5.11. The molecule has 6 heteroatoms. The molecule has 0 bridgehead atoms. The van der Waals surface area contributed by atoms with Crippen LogP contribution in [0.3, 0.4) is 0 Å². The summed E-state index contributed by atoms with van der Waals surface area (Å²) < 4.78 is 0. The Morgan fingerprint density at radius 3 is 2.75 bits per heavy atom. The molecule has 0 spiro atoms. The molecule has 1 aromatic carbocycles. The van der Waals surface area contributed by atoms with Crippen molar-refractivity contribution in [2.45, 2.75) is 25.3 Å². The van der Waals surface area contributed by atoms with Crippen molar-refractivity contribution in [3.8, 4) is 0 Å². The van der Waals surface area contributed by atoms with Gasteiger partial charge in [-0.1, -0.05) is 23.7 Å². The molecule has 1 saturated carbocycles. The third-order valence-corrected chi connectivity index (χ3v) is 3.99. The van der Waals surface area contributed by atoms with E-state index >= 15 is 0 Å². The van der Waals surface area contributed by atoms with E-state index in [4.69, 9.17) is 11.6 Å². The Balaban J connectivity index is 1.55. The Morgan fingerprint density at radius 1 is 1.17 bits per heavy atom. The number of pyridine rings is 1. The number of benzene rings is 1. The van der Waals surface area contributed by atoms with E-state index in [2.05, 4.69) is 15.6 Å². The maximum Gasteiger partial charge on any atom is 0.269 e. The van der Waals surface area contributed by atoms with E-state index in [1.165, 1.54) is 12.3 Å². The van der Waals surface area contributed by atoms with Gasteiger partial charge in [-0.05, 0) is 49.1 Å². The Morgan fingerprint density at radius 2 is 2.00 bits per heavy atom. The van der Waals surface area contributed by atoms with E-state index in [1.807, 2.05) is 24.3 Å². The molecule has 2 aromatic rings. The third kappa shape index (κ3) is 4.55. The van der Waals surface area contributed by atoms with Crippen LogP contribution in [0.25, 0.3) is 0 Å². The Labute approximate surface area is 145 Å². The summed E-state index contributed by atoms with van der Waals surface area (Å²) in [6.45, 7) is 0.472. The molecule has 2 N–H and O–H groups in total. The van der Waals surface area contributed by atoms with Crippen molar-refractivity contribution < 1.29 is 9.59 Å². The molecule has 3 rings (SSSR count). The third-order valence-electron chi connectivity index (χ3n) is 3.76. The van der Waals surface area contributed by atoms with E-state index < -0.39 is 0 Å². The van der Waals surface area contributed by atoms with Crippen LogP contribution in [-0.2, 0) is 6.42 Å². The first-order chi connectivity index (χ1) is 11.6. The van der Waals surface area contributed by atoms with E-state index in [9.17, 15) is 9.59 Å². The number of carbonyl (C=O) groups is 2. The molecule has 1 aliphatic rings. The molecule has 0 aliphatic heterocycles. The quantitative estimate of drug-likeness (QED) is 0.847. The minimum Gasteiger partial charge on any atom is -0.350 e. The molecule has 5 nitrogen and oxygen atoms in total. The SMILES string of the molecule is O=C(NC1CC1)c1ccnc(C(=O)NCCc2cccc(Cl)c2)c1. The number of halogens is 1. The highest BCUT2D eigenvalue weighted by Crippen LogP contribution is 2.19. The lowest BCUT2D eigenvalue weighted by Crippen LogP contribution is -2.28. The maximum atomic E-state index is 12.2. The predicted molar refractivity (Wildman–Crippen MR) is 92.2 cm³/mol. The zero-order valence-corrected chi connectivity index (χ0v) is 13.8. The largest absolute Gasteiger partial charge is 0.350 e. The monoisotopic (exact) mass is 343 g/mol. The van der Waals surface area contributed by atoms with Gasteiger partial charge in [-0.15, -0.1) is 0 Å². The first-order valence-corrected chi connectivity index (χ1v) is 8.29. The summed E-state index contributed by atoms with van der Waals surface area (Å²) in [5, 5.41) is 6.38. The van der Waals surface area contributed by atoms with Crippen molar-refractivity contribution in [3.05, 3.63) is 64.4 Å². The summed E-state index contributed by atoms with van der Waals surface area (Å²) in [6, 6.07) is 10.9. The minimum atomic E-state index is -0.293. The molecule has 24 heavy (non-hydrogen) atoms. The van der Waals surface area contributed by atoms with E-state index in [1.54, 1.807) is 6.07 Å². The molecule has 1 aliphatic carbocycles. The van der Waals surface area contributed by atoms with Crippen LogP contribution in [0.5, 0.6) is 0 Å². The second-order valence-electron chi connectivity index (χ2n) is 5.81. The van der Waals surface area contributed by atoms with Crippen molar-refractivity contribution in [3.63, 3.8) is 0 Å². The first-order valence-electron chi connectivity index (χ1n) is 7.91. The van der Waals surface area contributed by atoms with Crippen molar-refractivity contribution in [2.24, 2.45) is 0 Å². The topological polar surface area (TPSA) is 71.1 Å². The highest BCUT2D eigenvalue weighted by molar-refractivity contribution is 6.30. The van der Waals surface area contributed by atoms with Crippen LogP contribution in [-0.4, -0.2) is 29.4 Å². The fourth-order valence-corrected chi connectivity index (χ4v) is 2.51. The molecule has 0 unspecified atom stereocenters. The summed E-state index contributed by atoms with van der Waals surface area (Å²) in [7, 11) is 0. The molecule has 2 amide bonds. The van der Waals surface area contributed by atoms with Gasteiger partial charge in [0.1, 0.15) is 5.69 Å². The molecule has 0 radical (unpaired) electrons. The summed E-state index contributed by atoms with van der Waals surface area (Å²) in [5.41, 5.74) is 1.75. The fourth-order valence-electron chi connectivity index (χ4n) is 2.30. The van der Waals surface area contributed by atoms with E-state index in [0.29, 0.717) is 23.6 Å². The van der Waals surface area contributed by atoms with Crippen molar-refractivity contribution >= 4 is 23.4 Å². The van der Waals surface area contributed by atoms with Crippen LogP contribution in [0.15, 0.2) is 42.6 Å². The van der Waals surface area contributed by atoms with Crippen LogP contribution in [0.4, 0.5) is 0 Å². The van der Waals surface area contributed by atoms with E-state index in [0.717, 1.165) is 18.4 Å². The fraction of sp³-hybridized carbons (Fsp3) is 0.278. The minimum absolute atomic E-state index is 0.159. The summed E-state index contributed by atoms with van der Waals surface area (Å²) in [5.74, 6) is -0.453. The summed E-state index contributed by atoms with van der Waals surface area (Å²) in [4.78, 5) is 28.2. The molecule has 1 heterocycles.